The zero-order valence-electron chi connectivity index (χ0n) is 7.66. The van der Waals surface area contributed by atoms with Gasteiger partial charge in [-0.3, -0.25) is 0 Å². The van der Waals surface area contributed by atoms with Crippen molar-refractivity contribution in [1.29, 1.82) is 0 Å². The third-order valence-electron chi connectivity index (χ3n) is 0.987. The molecule has 0 aromatic heterocycles. The van der Waals surface area contributed by atoms with Gasteiger partial charge in [0.1, 0.15) is 5.60 Å². The Morgan fingerprint density at radius 2 is 1.62 bits per heavy atom. The van der Waals surface area contributed by atoms with Crippen LogP contribution in [-0.2, 0) is 9.53 Å². The van der Waals surface area contributed by atoms with Crippen molar-refractivity contribution in [2.75, 3.05) is 0 Å². The highest BCUT2D eigenvalue weighted by molar-refractivity contribution is 6.70. The lowest BCUT2D eigenvalue weighted by Gasteiger charge is -2.22. The van der Waals surface area contributed by atoms with E-state index in [9.17, 15) is 4.79 Å². The Balaban J connectivity index is 4.40. The van der Waals surface area contributed by atoms with E-state index in [0.717, 1.165) is 0 Å². The van der Waals surface area contributed by atoms with Gasteiger partial charge in [-0.25, -0.2) is 4.79 Å². The molecule has 0 amide bonds. The second kappa shape index (κ2) is 4.07. The van der Waals surface area contributed by atoms with Crippen LogP contribution in [0.3, 0.4) is 0 Å². The standard InChI is InChI=1S/C8H11Cl3O2/c1-5(8(9,10)11)6(12)13-7(2,3)4/h1H2,2-4H3. The van der Waals surface area contributed by atoms with Crippen molar-refractivity contribution < 1.29 is 9.53 Å². The van der Waals surface area contributed by atoms with Gasteiger partial charge in [0.25, 0.3) is 0 Å². The van der Waals surface area contributed by atoms with Gasteiger partial charge >= 0.3 is 5.97 Å². The van der Waals surface area contributed by atoms with Gasteiger partial charge in [-0.2, -0.15) is 0 Å². The maximum atomic E-state index is 11.2. The average Bonchev–Trinajstić information content (AvgIpc) is 1.79. The van der Waals surface area contributed by atoms with Crippen molar-refractivity contribution in [3.8, 4) is 0 Å². The van der Waals surface area contributed by atoms with Crippen LogP contribution >= 0.6 is 34.8 Å². The monoisotopic (exact) mass is 244 g/mol. The van der Waals surface area contributed by atoms with E-state index < -0.39 is 15.4 Å². The Kier molecular flexibility index (Phi) is 4.10. The second-order valence-corrected chi connectivity index (χ2v) is 5.76. The van der Waals surface area contributed by atoms with Crippen molar-refractivity contribution in [2.45, 2.75) is 30.2 Å². The lowest BCUT2D eigenvalue weighted by molar-refractivity contribution is -0.149. The Bertz CT molecular complexity index is 223. The first-order valence-electron chi connectivity index (χ1n) is 3.53. The summed E-state index contributed by atoms with van der Waals surface area (Å²) in [6, 6.07) is 0. The third-order valence-corrected chi connectivity index (χ3v) is 1.67. The molecular formula is C8H11Cl3O2. The molecule has 0 saturated carbocycles. The van der Waals surface area contributed by atoms with Crippen molar-refractivity contribution in [3.63, 3.8) is 0 Å². The Morgan fingerprint density at radius 1 is 1.23 bits per heavy atom. The molecule has 0 spiro atoms. The maximum Gasteiger partial charge on any atom is 0.338 e. The topological polar surface area (TPSA) is 26.3 Å². The molecule has 0 aliphatic rings. The SMILES string of the molecule is C=C(C(=O)OC(C)(C)C)C(Cl)(Cl)Cl. The summed E-state index contributed by atoms with van der Waals surface area (Å²) in [5.74, 6) is -0.701. The molecule has 5 heteroatoms. The molecule has 2 nitrogen and oxygen atoms in total. The van der Waals surface area contributed by atoms with Gasteiger partial charge in [-0.1, -0.05) is 41.4 Å². The summed E-state index contributed by atoms with van der Waals surface area (Å²) in [4.78, 5) is 11.2. The third kappa shape index (κ3) is 5.40. The summed E-state index contributed by atoms with van der Waals surface area (Å²) < 4.78 is 3.13. The van der Waals surface area contributed by atoms with Crippen LogP contribution in [0, 0.1) is 0 Å². The van der Waals surface area contributed by atoms with Crippen LogP contribution in [0.2, 0.25) is 0 Å². The number of hydrogen-bond donors (Lipinski definition) is 0. The number of carbonyl (C=O) groups excluding carboxylic acids is 1. The summed E-state index contributed by atoms with van der Waals surface area (Å²) in [5.41, 5.74) is -0.803. The molecule has 0 fully saturated rings. The highest BCUT2D eigenvalue weighted by Crippen LogP contribution is 2.34. The van der Waals surface area contributed by atoms with Gasteiger partial charge in [0.15, 0.2) is 0 Å². The zero-order chi connectivity index (χ0) is 10.9. The van der Waals surface area contributed by atoms with E-state index in [4.69, 9.17) is 39.5 Å². The molecule has 0 saturated heterocycles. The van der Waals surface area contributed by atoms with E-state index in [1.807, 2.05) is 0 Å². The summed E-state index contributed by atoms with van der Waals surface area (Å²) in [6.45, 7) is 8.50. The molecule has 0 aliphatic heterocycles. The van der Waals surface area contributed by atoms with E-state index in [1.165, 1.54) is 0 Å². The van der Waals surface area contributed by atoms with Crippen molar-refractivity contribution in [3.05, 3.63) is 12.2 Å². The number of ether oxygens (including phenoxy) is 1. The summed E-state index contributed by atoms with van der Waals surface area (Å²) in [5, 5.41) is 0. The Labute approximate surface area is 92.8 Å². The summed E-state index contributed by atoms with van der Waals surface area (Å²) in [7, 11) is 0. The summed E-state index contributed by atoms with van der Waals surface area (Å²) >= 11 is 16.3. The van der Waals surface area contributed by atoms with Gasteiger partial charge in [0.05, 0.1) is 5.57 Å². The number of rotatable bonds is 1. The molecule has 0 radical (unpaired) electrons. The minimum absolute atomic E-state index is 0.188. The minimum Gasteiger partial charge on any atom is -0.457 e. The van der Waals surface area contributed by atoms with Crippen LogP contribution in [0.1, 0.15) is 20.8 Å². The van der Waals surface area contributed by atoms with Crippen LogP contribution in [0.4, 0.5) is 0 Å². The van der Waals surface area contributed by atoms with Gasteiger partial charge in [0.2, 0.25) is 3.79 Å². The minimum atomic E-state index is -1.80. The maximum absolute atomic E-state index is 11.2. The average molecular weight is 246 g/mol. The molecular weight excluding hydrogens is 234 g/mol. The molecule has 0 aliphatic carbocycles. The highest BCUT2D eigenvalue weighted by atomic mass is 35.6. The lowest BCUT2D eigenvalue weighted by atomic mass is 10.2. The van der Waals surface area contributed by atoms with Crippen molar-refractivity contribution >= 4 is 40.8 Å². The first-order valence-corrected chi connectivity index (χ1v) is 4.67. The predicted molar refractivity (Wildman–Crippen MR) is 55.3 cm³/mol. The number of halogens is 3. The van der Waals surface area contributed by atoms with E-state index in [2.05, 4.69) is 6.58 Å². The molecule has 13 heavy (non-hydrogen) atoms. The molecule has 0 unspecified atom stereocenters. The number of alkyl halides is 3. The smallest absolute Gasteiger partial charge is 0.338 e. The molecule has 0 heterocycles. The molecule has 0 rings (SSSR count). The van der Waals surface area contributed by atoms with Crippen LogP contribution in [-0.4, -0.2) is 15.4 Å². The van der Waals surface area contributed by atoms with Crippen molar-refractivity contribution in [2.24, 2.45) is 0 Å². The molecule has 0 bridgehead atoms. The Morgan fingerprint density at radius 3 is 1.85 bits per heavy atom. The van der Waals surface area contributed by atoms with E-state index in [0.29, 0.717) is 0 Å². The van der Waals surface area contributed by atoms with E-state index in [1.54, 1.807) is 20.8 Å². The first kappa shape index (κ1) is 13.1. The second-order valence-electron chi connectivity index (χ2n) is 3.48. The number of esters is 1. The quantitative estimate of drug-likeness (QED) is 0.403. The fourth-order valence-electron chi connectivity index (χ4n) is 0.455. The fraction of sp³-hybridized carbons (Fsp3) is 0.625. The van der Waals surface area contributed by atoms with Crippen LogP contribution in [0.25, 0.3) is 0 Å². The molecule has 0 aromatic carbocycles. The molecule has 0 N–H and O–H groups in total. The van der Waals surface area contributed by atoms with Crippen LogP contribution < -0.4 is 0 Å². The van der Waals surface area contributed by atoms with Gasteiger partial charge in [-0.15, -0.1) is 0 Å². The number of carbonyl (C=O) groups is 1. The van der Waals surface area contributed by atoms with E-state index in [-0.39, 0.29) is 5.57 Å². The van der Waals surface area contributed by atoms with Crippen LogP contribution in [0.5, 0.6) is 0 Å². The van der Waals surface area contributed by atoms with Crippen molar-refractivity contribution in [1.82, 2.24) is 0 Å². The normalized spacial score (nSPS) is 12.5. The largest absolute Gasteiger partial charge is 0.457 e. The predicted octanol–water partition coefficient (Wildman–Crippen LogP) is 3.25. The molecule has 0 atom stereocenters. The van der Waals surface area contributed by atoms with Gasteiger partial charge in [-0.05, 0) is 20.8 Å². The van der Waals surface area contributed by atoms with Crippen LogP contribution in [0.15, 0.2) is 12.2 Å². The number of hydrogen-bond acceptors (Lipinski definition) is 2. The highest BCUT2D eigenvalue weighted by Gasteiger charge is 2.32. The fourth-order valence-corrected chi connectivity index (χ4v) is 0.687. The zero-order valence-corrected chi connectivity index (χ0v) is 9.93. The Hall–Kier alpha value is 0.0800. The van der Waals surface area contributed by atoms with Gasteiger partial charge < -0.3 is 4.74 Å². The molecule has 76 valence electrons. The van der Waals surface area contributed by atoms with Gasteiger partial charge in [0, 0.05) is 0 Å². The van der Waals surface area contributed by atoms with E-state index >= 15 is 0 Å². The lowest BCUT2D eigenvalue weighted by Crippen LogP contribution is -2.28. The summed E-state index contributed by atoms with van der Waals surface area (Å²) in [6.07, 6.45) is 0. The first-order chi connectivity index (χ1) is 5.54. The molecule has 0 aromatic rings.